The Morgan fingerprint density at radius 1 is 1.33 bits per heavy atom. The number of rotatable bonds is 2. The summed E-state index contributed by atoms with van der Waals surface area (Å²) in [6.07, 6.45) is 0.437. The van der Waals surface area contributed by atoms with Gasteiger partial charge in [0.1, 0.15) is 0 Å². The highest BCUT2D eigenvalue weighted by atomic mass is 35.5. The third kappa shape index (κ3) is 3.16. The van der Waals surface area contributed by atoms with Crippen molar-refractivity contribution in [3.05, 3.63) is 33.8 Å². The lowest BCUT2D eigenvalue weighted by atomic mass is 10.2. The summed E-state index contributed by atoms with van der Waals surface area (Å²) >= 11 is 11.7. The summed E-state index contributed by atoms with van der Waals surface area (Å²) in [6, 6.07) is 4.23. The molecule has 1 saturated heterocycles. The molecule has 0 spiro atoms. The van der Waals surface area contributed by atoms with Gasteiger partial charge in [-0.05, 0) is 24.6 Å². The Morgan fingerprint density at radius 2 is 2.06 bits per heavy atom. The average molecular weight is 308 g/mol. The number of halogens is 2. The molecule has 0 aromatic heterocycles. The van der Waals surface area contributed by atoms with Crippen LogP contribution in [0.2, 0.25) is 10.0 Å². The molecule has 18 heavy (non-hydrogen) atoms. The van der Waals surface area contributed by atoms with Gasteiger partial charge < -0.3 is 5.32 Å². The molecule has 1 unspecified atom stereocenters. The zero-order valence-electron chi connectivity index (χ0n) is 9.32. The predicted octanol–water partition coefficient (Wildman–Crippen LogP) is 1.91. The zero-order valence-corrected chi connectivity index (χ0v) is 11.6. The van der Waals surface area contributed by atoms with Gasteiger partial charge in [0.2, 0.25) is 0 Å². The maximum Gasteiger partial charge on any atom is 0.253 e. The Labute approximate surface area is 115 Å². The quantitative estimate of drug-likeness (QED) is 0.908. The fraction of sp³-hybridized carbons (Fsp3) is 0.364. The number of hydrogen-bond donors (Lipinski definition) is 1. The van der Waals surface area contributed by atoms with E-state index < -0.39 is 15.7 Å². The van der Waals surface area contributed by atoms with E-state index in [1.807, 2.05) is 0 Å². The number of nitrogens with one attached hydrogen (secondary N) is 1. The van der Waals surface area contributed by atoms with E-state index in [2.05, 4.69) is 5.32 Å². The van der Waals surface area contributed by atoms with Crippen LogP contribution in [0.5, 0.6) is 0 Å². The number of benzene rings is 1. The third-order valence-corrected chi connectivity index (χ3v) is 5.07. The van der Waals surface area contributed by atoms with Crippen molar-refractivity contribution in [3.8, 4) is 0 Å². The molecule has 4 nitrogen and oxygen atoms in total. The summed E-state index contributed by atoms with van der Waals surface area (Å²) in [7, 11) is -3.02. The van der Waals surface area contributed by atoms with E-state index in [1.54, 1.807) is 6.07 Å². The Bertz CT molecular complexity index is 586. The highest BCUT2D eigenvalue weighted by Gasteiger charge is 2.29. The Balaban J connectivity index is 2.11. The number of sulfone groups is 1. The maximum absolute atomic E-state index is 11.9. The minimum atomic E-state index is -3.02. The summed E-state index contributed by atoms with van der Waals surface area (Å²) in [5, 5.41) is 3.35. The molecule has 2 rings (SSSR count). The van der Waals surface area contributed by atoms with E-state index in [4.69, 9.17) is 23.2 Å². The van der Waals surface area contributed by atoms with Crippen molar-refractivity contribution >= 4 is 38.9 Å². The summed E-state index contributed by atoms with van der Waals surface area (Å²) in [5.41, 5.74) is 0.258. The summed E-state index contributed by atoms with van der Waals surface area (Å²) in [4.78, 5) is 11.9. The van der Waals surface area contributed by atoms with Gasteiger partial charge in [-0.1, -0.05) is 23.2 Å². The first-order valence-corrected chi connectivity index (χ1v) is 7.91. The van der Waals surface area contributed by atoms with E-state index in [0.717, 1.165) is 0 Å². The second-order valence-electron chi connectivity index (χ2n) is 4.20. The van der Waals surface area contributed by atoms with Gasteiger partial charge in [0.05, 0.1) is 22.1 Å². The van der Waals surface area contributed by atoms with Gasteiger partial charge in [-0.25, -0.2) is 8.42 Å². The molecule has 0 aliphatic carbocycles. The lowest BCUT2D eigenvalue weighted by Crippen LogP contribution is -2.35. The van der Waals surface area contributed by atoms with Gasteiger partial charge in [-0.2, -0.15) is 0 Å². The summed E-state index contributed by atoms with van der Waals surface area (Å²) in [6.45, 7) is 0. The van der Waals surface area contributed by atoms with Crippen molar-refractivity contribution < 1.29 is 13.2 Å². The van der Waals surface area contributed by atoms with Gasteiger partial charge >= 0.3 is 0 Å². The van der Waals surface area contributed by atoms with Crippen LogP contribution >= 0.6 is 23.2 Å². The molecule has 1 aliphatic heterocycles. The second-order valence-corrected chi connectivity index (χ2v) is 7.27. The standard InChI is InChI=1S/C11H11Cl2NO3S/c12-7-1-2-10(13)9(5-7)11(15)14-8-3-4-18(16,17)6-8/h1-2,5,8H,3-4,6H2,(H,14,15). The van der Waals surface area contributed by atoms with Crippen LogP contribution in [0.25, 0.3) is 0 Å². The Kier molecular flexibility index (Phi) is 3.84. The highest BCUT2D eigenvalue weighted by Crippen LogP contribution is 2.21. The second kappa shape index (κ2) is 5.07. The molecule has 1 heterocycles. The van der Waals surface area contributed by atoms with Crippen LogP contribution in [0.4, 0.5) is 0 Å². The van der Waals surface area contributed by atoms with Crippen LogP contribution in [0.1, 0.15) is 16.8 Å². The number of carbonyl (C=O) groups is 1. The molecule has 1 amide bonds. The smallest absolute Gasteiger partial charge is 0.253 e. The van der Waals surface area contributed by atoms with Gasteiger partial charge in [0, 0.05) is 11.1 Å². The number of hydrogen-bond acceptors (Lipinski definition) is 3. The molecule has 1 aliphatic rings. The minimum Gasteiger partial charge on any atom is -0.348 e. The van der Waals surface area contributed by atoms with Crippen molar-refractivity contribution in [1.29, 1.82) is 0 Å². The van der Waals surface area contributed by atoms with Gasteiger partial charge in [0.15, 0.2) is 9.84 Å². The molecule has 0 radical (unpaired) electrons. The van der Waals surface area contributed by atoms with E-state index >= 15 is 0 Å². The fourth-order valence-electron chi connectivity index (χ4n) is 1.84. The first-order chi connectivity index (χ1) is 8.37. The Hall–Kier alpha value is -0.780. The summed E-state index contributed by atoms with van der Waals surface area (Å²) < 4.78 is 22.6. The molecule has 1 aromatic rings. The maximum atomic E-state index is 11.9. The third-order valence-electron chi connectivity index (χ3n) is 2.74. The van der Waals surface area contributed by atoms with Crippen molar-refractivity contribution in [2.24, 2.45) is 0 Å². The van der Waals surface area contributed by atoms with Crippen molar-refractivity contribution in [2.45, 2.75) is 12.5 Å². The molecular weight excluding hydrogens is 297 g/mol. The predicted molar refractivity (Wildman–Crippen MR) is 71.0 cm³/mol. The SMILES string of the molecule is O=C(NC1CCS(=O)(=O)C1)c1cc(Cl)ccc1Cl. The average Bonchev–Trinajstić information content (AvgIpc) is 2.61. The van der Waals surface area contributed by atoms with E-state index in [-0.39, 0.29) is 28.1 Å². The van der Waals surface area contributed by atoms with Gasteiger partial charge in [0.25, 0.3) is 5.91 Å². The number of carbonyl (C=O) groups excluding carboxylic acids is 1. The normalized spacial score (nSPS) is 21.8. The Morgan fingerprint density at radius 3 is 2.67 bits per heavy atom. The molecule has 1 aromatic carbocycles. The van der Waals surface area contributed by atoms with Crippen LogP contribution in [0.3, 0.4) is 0 Å². The lowest BCUT2D eigenvalue weighted by Gasteiger charge is -2.11. The van der Waals surface area contributed by atoms with Crippen LogP contribution in [0.15, 0.2) is 18.2 Å². The molecule has 0 bridgehead atoms. The molecule has 7 heteroatoms. The minimum absolute atomic E-state index is 0.0169. The zero-order chi connectivity index (χ0) is 13.3. The van der Waals surface area contributed by atoms with Crippen molar-refractivity contribution in [3.63, 3.8) is 0 Å². The van der Waals surface area contributed by atoms with E-state index in [9.17, 15) is 13.2 Å². The molecule has 1 fully saturated rings. The van der Waals surface area contributed by atoms with Crippen LogP contribution in [-0.2, 0) is 9.84 Å². The van der Waals surface area contributed by atoms with Crippen LogP contribution in [0, 0.1) is 0 Å². The first kappa shape index (κ1) is 13.6. The molecule has 98 valence electrons. The molecular formula is C11H11Cl2NO3S. The van der Waals surface area contributed by atoms with E-state index in [0.29, 0.717) is 11.4 Å². The lowest BCUT2D eigenvalue weighted by molar-refractivity contribution is 0.0941. The van der Waals surface area contributed by atoms with Crippen LogP contribution in [-0.4, -0.2) is 31.9 Å². The monoisotopic (exact) mass is 307 g/mol. The molecule has 0 saturated carbocycles. The summed E-state index contributed by atoms with van der Waals surface area (Å²) in [5.74, 6) is -0.303. The topological polar surface area (TPSA) is 63.2 Å². The first-order valence-electron chi connectivity index (χ1n) is 5.34. The molecule has 1 N–H and O–H groups in total. The van der Waals surface area contributed by atoms with Gasteiger partial charge in [-0.15, -0.1) is 0 Å². The van der Waals surface area contributed by atoms with Crippen LogP contribution < -0.4 is 5.32 Å². The van der Waals surface area contributed by atoms with Gasteiger partial charge in [-0.3, -0.25) is 4.79 Å². The van der Waals surface area contributed by atoms with E-state index in [1.165, 1.54) is 12.1 Å². The largest absolute Gasteiger partial charge is 0.348 e. The highest BCUT2D eigenvalue weighted by molar-refractivity contribution is 7.91. The van der Waals surface area contributed by atoms with Crippen molar-refractivity contribution in [2.75, 3.05) is 11.5 Å². The van der Waals surface area contributed by atoms with Crippen molar-refractivity contribution in [1.82, 2.24) is 5.32 Å². The molecule has 1 atom stereocenters. The fourth-order valence-corrected chi connectivity index (χ4v) is 3.89. The number of amides is 1.